The van der Waals surface area contributed by atoms with E-state index in [4.69, 9.17) is 17.3 Å². The molecule has 29 heavy (non-hydrogen) atoms. The van der Waals surface area contributed by atoms with Gasteiger partial charge in [-0.1, -0.05) is 29.8 Å². The van der Waals surface area contributed by atoms with E-state index in [0.717, 1.165) is 12.1 Å². The van der Waals surface area contributed by atoms with Crippen LogP contribution in [-0.4, -0.2) is 25.6 Å². The third-order valence-electron chi connectivity index (χ3n) is 4.25. The number of fused-ring (bicyclic) bond motifs is 1. The molecule has 0 radical (unpaired) electrons. The molecular formula is C19H13ClF2N6O. The van der Waals surface area contributed by atoms with Crippen LogP contribution >= 0.6 is 11.6 Å². The Morgan fingerprint density at radius 3 is 2.45 bits per heavy atom. The van der Waals surface area contributed by atoms with Crippen molar-refractivity contribution in [2.24, 2.45) is 12.8 Å². The highest BCUT2D eigenvalue weighted by Crippen LogP contribution is 2.35. The lowest BCUT2D eigenvalue weighted by Gasteiger charge is -2.21. The topological polar surface area (TPSA) is 89.9 Å². The highest BCUT2D eigenvalue weighted by Gasteiger charge is 2.28. The van der Waals surface area contributed by atoms with Crippen LogP contribution in [0.1, 0.15) is 0 Å². The molecule has 7 nitrogen and oxygen atoms in total. The highest BCUT2D eigenvalue weighted by atomic mass is 35.5. The molecule has 2 amide bonds. The summed E-state index contributed by atoms with van der Waals surface area (Å²) in [5, 5.41) is 0.364. The first-order chi connectivity index (χ1) is 13.9. The molecule has 0 bridgehead atoms. The second-order valence-electron chi connectivity index (χ2n) is 6.12. The summed E-state index contributed by atoms with van der Waals surface area (Å²) in [4.78, 5) is 25.9. The molecule has 10 heteroatoms. The minimum absolute atomic E-state index is 0.143. The molecule has 0 aliphatic carbocycles. The molecule has 0 aliphatic rings. The van der Waals surface area contributed by atoms with Gasteiger partial charge in [0.1, 0.15) is 17.3 Å². The number of benzene rings is 2. The summed E-state index contributed by atoms with van der Waals surface area (Å²) in [5.74, 6) is -1.98. The van der Waals surface area contributed by atoms with Crippen LogP contribution in [0.5, 0.6) is 0 Å². The van der Waals surface area contributed by atoms with Gasteiger partial charge in [0.15, 0.2) is 22.8 Å². The van der Waals surface area contributed by atoms with Crippen LogP contribution in [0.3, 0.4) is 0 Å². The van der Waals surface area contributed by atoms with Crippen LogP contribution in [0.2, 0.25) is 5.02 Å². The van der Waals surface area contributed by atoms with Crippen LogP contribution in [0.15, 0.2) is 48.8 Å². The zero-order valence-corrected chi connectivity index (χ0v) is 15.7. The van der Waals surface area contributed by atoms with Gasteiger partial charge in [0.05, 0.1) is 11.3 Å². The number of para-hydroxylation sites is 1. The van der Waals surface area contributed by atoms with E-state index in [0.29, 0.717) is 21.1 Å². The molecule has 0 aliphatic heterocycles. The number of hydrogen-bond donors (Lipinski definition) is 1. The molecule has 0 unspecified atom stereocenters. The summed E-state index contributed by atoms with van der Waals surface area (Å²) in [5.41, 5.74) is 5.77. The third-order valence-corrected chi connectivity index (χ3v) is 4.58. The van der Waals surface area contributed by atoms with Gasteiger partial charge in [0.2, 0.25) is 0 Å². The fraction of sp³-hybridized carbons (Fsp3) is 0.0526. The first kappa shape index (κ1) is 18.8. The number of nitrogens with zero attached hydrogens (tertiary/aromatic N) is 5. The lowest BCUT2D eigenvalue weighted by atomic mass is 10.2. The molecule has 2 aromatic carbocycles. The van der Waals surface area contributed by atoms with Crippen molar-refractivity contribution in [1.29, 1.82) is 0 Å². The lowest BCUT2D eigenvalue weighted by molar-refractivity contribution is 0.255. The Kier molecular flexibility index (Phi) is 4.59. The number of carbonyl (C=O) groups is 1. The zero-order chi connectivity index (χ0) is 20.7. The number of nitrogens with two attached hydrogens (primary N) is 1. The number of primary amides is 1. The average Bonchev–Trinajstić information content (AvgIpc) is 3.05. The van der Waals surface area contributed by atoms with Crippen LogP contribution in [0, 0.1) is 11.6 Å². The highest BCUT2D eigenvalue weighted by molar-refractivity contribution is 6.33. The van der Waals surface area contributed by atoms with Crippen LogP contribution in [-0.2, 0) is 7.05 Å². The summed E-state index contributed by atoms with van der Waals surface area (Å²) >= 11 is 6.26. The van der Waals surface area contributed by atoms with Gasteiger partial charge >= 0.3 is 6.03 Å². The first-order valence-corrected chi connectivity index (χ1v) is 8.74. The monoisotopic (exact) mass is 414 g/mol. The molecule has 0 fully saturated rings. The molecule has 2 N–H and O–H groups in total. The molecule has 0 saturated carbocycles. The van der Waals surface area contributed by atoms with E-state index < -0.39 is 23.4 Å². The van der Waals surface area contributed by atoms with Gasteiger partial charge in [-0.25, -0.2) is 33.4 Å². The lowest BCUT2D eigenvalue weighted by Crippen LogP contribution is -2.34. The number of carbonyl (C=O) groups excluding carboxylic acids is 1. The van der Waals surface area contributed by atoms with Crippen molar-refractivity contribution in [3.05, 3.63) is 65.4 Å². The number of hydrogen-bond acceptors (Lipinski definition) is 4. The summed E-state index contributed by atoms with van der Waals surface area (Å²) in [6, 6.07) is 8.88. The van der Waals surface area contributed by atoms with Crippen molar-refractivity contribution in [2.75, 3.05) is 4.90 Å². The fourth-order valence-electron chi connectivity index (χ4n) is 2.93. The van der Waals surface area contributed by atoms with Crippen molar-refractivity contribution in [1.82, 2.24) is 19.5 Å². The minimum Gasteiger partial charge on any atom is -0.351 e. The predicted molar refractivity (Wildman–Crippen MR) is 105 cm³/mol. The van der Waals surface area contributed by atoms with Gasteiger partial charge in [-0.15, -0.1) is 0 Å². The normalized spacial score (nSPS) is 11.0. The molecule has 146 valence electrons. The van der Waals surface area contributed by atoms with E-state index in [2.05, 4.69) is 15.0 Å². The zero-order valence-electron chi connectivity index (χ0n) is 15.0. The number of rotatable bonds is 3. The Hall–Kier alpha value is -3.59. The quantitative estimate of drug-likeness (QED) is 0.544. The number of anilines is 2. The Balaban J connectivity index is 2.06. The Morgan fingerprint density at radius 2 is 1.79 bits per heavy atom. The van der Waals surface area contributed by atoms with Gasteiger partial charge < -0.3 is 10.3 Å². The smallest absolute Gasteiger partial charge is 0.325 e. The number of halogens is 3. The Bertz CT molecular complexity index is 1240. The van der Waals surface area contributed by atoms with E-state index in [1.54, 1.807) is 35.9 Å². The van der Waals surface area contributed by atoms with Crippen molar-refractivity contribution in [3.8, 4) is 11.4 Å². The molecule has 4 aromatic rings. The summed E-state index contributed by atoms with van der Waals surface area (Å²) < 4.78 is 30.5. The average molecular weight is 415 g/mol. The van der Waals surface area contributed by atoms with Crippen LogP contribution in [0.25, 0.3) is 22.6 Å². The maximum atomic E-state index is 14.5. The van der Waals surface area contributed by atoms with Crippen molar-refractivity contribution in [3.63, 3.8) is 0 Å². The van der Waals surface area contributed by atoms with Gasteiger partial charge in [-0.05, 0) is 24.3 Å². The van der Waals surface area contributed by atoms with E-state index in [1.807, 2.05) is 0 Å². The molecule has 2 aromatic heterocycles. The molecule has 0 atom stereocenters. The van der Waals surface area contributed by atoms with Crippen LogP contribution in [0.4, 0.5) is 25.1 Å². The largest absolute Gasteiger partial charge is 0.351 e. The second kappa shape index (κ2) is 7.10. The summed E-state index contributed by atoms with van der Waals surface area (Å²) in [7, 11) is 1.68. The summed E-state index contributed by atoms with van der Waals surface area (Å²) in [6.45, 7) is 0. The molecular weight excluding hydrogens is 402 g/mol. The maximum Gasteiger partial charge on any atom is 0.325 e. The van der Waals surface area contributed by atoms with E-state index in [9.17, 15) is 13.6 Å². The summed E-state index contributed by atoms with van der Waals surface area (Å²) in [6.07, 6.45) is 1.44. The van der Waals surface area contributed by atoms with Crippen LogP contribution < -0.4 is 10.6 Å². The van der Waals surface area contributed by atoms with Gasteiger partial charge in [0.25, 0.3) is 0 Å². The molecule has 0 spiro atoms. The standard InChI is InChI=1S/C19H13ClF2N6O/c1-27-9-24-14-17(27)25-16(10-5-2-3-6-11(10)20)26-18(14)28(19(23)29)15-12(21)7-4-8-13(15)22/h2-9H,1H3,(H2,23,29). The number of imidazole rings is 1. The molecule has 0 saturated heterocycles. The van der Waals surface area contributed by atoms with Gasteiger partial charge in [-0.2, -0.15) is 0 Å². The SMILES string of the molecule is Cn1cnc2c(N(C(N)=O)c3c(F)cccc3F)nc(-c3ccccc3Cl)nc21. The first-order valence-electron chi connectivity index (χ1n) is 8.36. The van der Waals surface area contributed by atoms with E-state index >= 15 is 0 Å². The second-order valence-corrected chi connectivity index (χ2v) is 6.53. The predicted octanol–water partition coefficient (Wildman–Crippen LogP) is 4.18. The number of urea groups is 1. The number of amides is 2. The third kappa shape index (κ3) is 3.15. The fourth-order valence-corrected chi connectivity index (χ4v) is 3.15. The molecule has 4 rings (SSSR count). The van der Waals surface area contributed by atoms with Gasteiger partial charge in [-0.3, -0.25) is 0 Å². The van der Waals surface area contributed by atoms with Crippen molar-refractivity contribution < 1.29 is 13.6 Å². The Morgan fingerprint density at radius 1 is 1.10 bits per heavy atom. The number of aryl methyl sites for hydroxylation is 1. The van der Waals surface area contributed by atoms with E-state index in [1.165, 1.54) is 12.4 Å². The van der Waals surface area contributed by atoms with Gasteiger partial charge in [0, 0.05) is 12.6 Å². The Labute approximate surface area is 168 Å². The number of aromatic nitrogens is 4. The maximum absolute atomic E-state index is 14.5. The van der Waals surface area contributed by atoms with Crippen molar-refractivity contribution in [2.45, 2.75) is 0 Å². The van der Waals surface area contributed by atoms with Crippen molar-refractivity contribution >= 4 is 40.3 Å². The van der Waals surface area contributed by atoms with E-state index in [-0.39, 0.29) is 17.2 Å². The minimum atomic E-state index is -1.13. The molecule has 2 heterocycles.